The molecule has 3 aromatic rings. The fourth-order valence-corrected chi connectivity index (χ4v) is 3.90. The number of ether oxygens (including phenoxy) is 2. The molecule has 0 spiro atoms. The Balaban J connectivity index is 1.72. The number of hydrogen-bond acceptors (Lipinski definition) is 5. The van der Waals surface area contributed by atoms with E-state index in [9.17, 15) is 9.59 Å². The molecule has 1 atom stereocenters. The molecule has 0 aliphatic heterocycles. The first-order valence-corrected chi connectivity index (χ1v) is 11.5. The second-order valence-electron chi connectivity index (χ2n) is 7.50. The van der Waals surface area contributed by atoms with E-state index in [1.807, 2.05) is 42.6 Å². The molecule has 6 nitrogen and oxygen atoms in total. The van der Waals surface area contributed by atoms with E-state index < -0.39 is 5.91 Å². The van der Waals surface area contributed by atoms with Crippen LogP contribution in [0.3, 0.4) is 0 Å². The summed E-state index contributed by atoms with van der Waals surface area (Å²) in [5.41, 5.74) is 1.76. The van der Waals surface area contributed by atoms with Gasteiger partial charge in [-0.15, -0.1) is 11.3 Å². The highest BCUT2D eigenvalue weighted by molar-refractivity contribution is 7.10. The monoisotopic (exact) mass is 464 g/mol. The van der Waals surface area contributed by atoms with E-state index in [-0.39, 0.29) is 17.6 Å². The molecule has 0 radical (unpaired) electrons. The third kappa shape index (κ3) is 6.95. The van der Waals surface area contributed by atoms with Gasteiger partial charge in [-0.3, -0.25) is 9.59 Å². The van der Waals surface area contributed by atoms with Gasteiger partial charge >= 0.3 is 0 Å². The van der Waals surface area contributed by atoms with Crippen molar-refractivity contribution in [1.29, 1.82) is 0 Å². The van der Waals surface area contributed by atoms with Crippen LogP contribution in [-0.2, 0) is 11.2 Å². The Bertz CT molecular complexity index is 1090. The summed E-state index contributed by atoms with van der Waals surface area (Å²) in [7, 11) is 3.04. The second kappa shape index (κ2) is 11.9. The van der Waals surface area contributed by atoms with Crippen molar-refractivity contribution in [3.8, 4) is 11.5 Å². The van der Waals surface area contributed by atoms with E-state index >= 15 is 0 Å². The average Bonchev–Trinajstić information content (AvgIpc) is 3.35. The first-order chi connectivity index (χ1) is 16.0. The van der Waals surface area contributed by atoms with Gasteiger partial charge in [0.15, 0.2) is 11.5 Å². The molecule has 2 N–H and O–H groups in total. The molecule has 172 valence electrons. The average molecular weight is 465 g/mol. The molecule has 0 aliphatic carbocycles. The highest BCUT2D eigenvalue weighted by Crippen LogP contribution is 2.27. The van der Waals surface area contributed by atoms with Crippen LogP contribution in [0.25, 0.3) is 6.08 Å². The third-order valence-corrected chi connectivity index (χ3v) is 5.87. The van der Waals surface area contributed by atoms with Gasteiger partial charge in [0.25, 0.3) is 11.8 Å². The van der Waals surface area contributed by atoms with Crippen LogP contribution in [0.4, 0.5) is 0 Å². The number of aryl methyl sites for hydroxylation is 1. The van der Waals surface area contributed by atoms with Crippen LogP contribution in [0.2, 0.25) is 0 Å². The molecule has 2 aromatic carbocycles. The lowest BCUT2D eigenvalue weighted by Crippen LogP contribution is -2.39. The van der Waals surface area contributed by atoms with Crippen LogP contribution in [-0.4, -0.2) is 32.1 Å². The quantitative estimate of drug-likeness (QED) is 0.428. The summed E-state index contributed by atoms with van der Waals surface area (Å²) < 4.78 is 10.5. The molecule has 0 unspecified atom stereocenters. The molecule has 2 amide bonds. The first kappa shape index (κ1) is 24.1. The Morgan fingerprint density at radius 1 is 1.00 bits per heavy atom. The zero-order valence-electron chi connectivity index (χ0n) is 19.0. The lowest BCUT2D eigenvalue weighted by molar-refractivity contribution is -0.118. The van der Waals surface area contributed by atoms with Crippen molar-refractivity contribution in [3.05, 3.63) is 87.7 Å². The number of nitrogens with one attached hydrogen (secondary N) is 2. The number of thiophene rings is 1. The van der Waals surface area contributed by atoms with Gasteiger partial charge in [0.05, 0.1) is 14.2 Å². The van der Waals surface area contributed by atoms with Gasteiger partial charge in [0, 0.05) is 16.5 Å². The van der Waals surface area contributed by atoms with Crippen molar-refractivity contribution in [2.45, 2.75) is 25.8 Å². The molecule has 3 rings (SSSR count). The fraction of sp³-hybridized carbons (Fsp3) is 0.231. The summed E-state index contributed by atoms with van der Waals surface area (Å²) in [5, 5.41) is 7.67. The van der Waals surface area contributed by atoms with Gasteiger partial charge in [-0.1, -0.05) is 36.4 Å². The van der Waals surface area contributed by atoms with Crippen LogP contribution in [0.1, 0.15) is 34.1 Å². The summed E-state index contributed by atoms with van der Waals surface area (Å²) in [4.78, 5) is 26.8. The molecule has 0 aliphatic rings. The van der Waals surface area contributed by atoms with E-state index in [1.54, 1.807) is 24.3 Å². The minimum Gasteiger partial charge on any atom is -0.493 e. The zero-order valence-corrected chi connectivity index (χ0v) is 19.8. The molecule has 0 saturated heterocycles. The summed E-state index contributed by atoms with van der Waals surface area (Å²) >= 11 is 1.48. The van der Waals surface area contributed by atoms with Crippen molar-refractivity contribution in [2.75, 3.05) is 14.2 Å². The van der Waals surface area contributed by atoms with E-state index in [1.165, 1.54) is 31.1 Å². The Hall–Kier alpha value is -3.58. The fourth-order valence-electron chi connectivity index (χ4n) is 3.25. The van der Waals surface area contributed by atoms with E-state index in [4.69, 9.17) is 9.47 Å². The van der Waals surface area contributed by atoms with Gasteiger partial charge in [0.2, 0.25) is 0 Å². The number of amides is 2. The number of methoxy groups -OCH3 is 2. The molecule has 1 aromatic heterocycles. The van der Waals surface area contributed by atoms with Crippen LogP contribution >= 0.6 is 11.3 Å². The summed E-state index contributed by atoms with van der Waals surface area (Å²) in [5.74, 6) is 0.213. The number of carbonyl (C=O) groups is 2. The molecular weight excluding hydrogens is 436 g/mol. The first-order valence-electron chi connectivity index (χ1n) is 10.6. The third-order valence-electron chi connectivity index (χ3n) is 5.05. The molecule has 0 saturated carbocycles. The Labute approximate surface area is 198 Å². The number of carbonyl (C=O) groups excluding carboxylic acids is 2. The van der Waals surface area contributed by atoms with E-state index in [2.05, 4.69) is 22.8 Å². The molecule has 0 fully saturated rings. The molecule has 1 heterocycles. The Kier molecular flexibility index (Phi) is 8.66. The van der Waals surface area contributed by atoms with Gasteiger partial charge in [-0.25, -0.2) is 0 Å². The lowest BCUT2D eigenvalue weighted by atomic mass is 10.1. The van der Waals surface area contributed by atoms with Crippen LogP contribution in [0.5, 0.6) is 11.5 Å². The predicted molar refractivity (Wildman–Crippen MR) is 132 cm³/mol. The van der Waals surface area contributed by atoms with E-state index in [0.29, 0.717) is 17.1 Å². The zero-order chi connectivity index (χ0) is 23.6. The number of hydrogen-bond donors (Lipinski definition) is 2. The summed E-state index contributed by atoms with van der Waals surface area (Å²) in [6.45, 7) is 1.96. The Morgan fingerprint density at radius 3 is 2.42 bits per heavy atom. The van der Waals surface area contributed by atoms with Gasteiger partial charge in [0.1, 0.15) is 5.70 Å². The van der Waals surface area contributed by atoms with Crippen molar-refractivity contribution in [1.82, 2.24) is 10.6 Å². The van der Waals surface area contributed by atoms with Crippen molar-refractivity contribution in [3.63, 3.8) is 0 Å². The molecule has 0 bridgehead atoms. The minimum absolute atomic E-state index is 0.0672. The molecule has 33 heavy (non-hydrogen) atoms. The molecular formula is C26H28N2O4S. The van der Waals surface area contributed by atoms with Crippen molar-refractivity contribution < 1.29 is 19.1 Å². The topological polar surface area (TPSA) is 76.7 Å². The number of rotatable bonds is 10. The van der Waals surface area contributed by atoms with Gasteiger partial charge in [-0.2, -0.15) is 0 Å². The number of benzene rings is 2. The SMILES string of the molecule is COc1ccc(C(=O)N/C(=C\c2cccs2)C(=O)N[C@H](C)CCc2ccccc2)cc1OC. The normalized spacial score (nSPS) is 12.0. The van der Waals surface area contributed by atoms with Crippen LogP contribution in [0.15, 0.2) is 71.7 Å². The van der Waals surface area contributed by atoms with Crippen molar-refractivity contribution in [2.24, 2.45) is 0 Å². The maximum atomic E-state index is 13.0. The maximum absolute atomic E-state index is 13.0. The van der Waals surface area contributed by atoms with Crippen molar-refractivity contribution >= 4 is 29.2 Å². The maximum Gasteiger partial charge on any atom is 0.268 e. The minimum atomic E-state index is -0.411. The second-order valence-corrected chi connectivity index (χ2v) is 8.48. The Morgan fingerprint density at radius 2 is 1.76 bits per heavy atom. The standard InChI is InChI=1S/C26H28N2O4S/c1-18(11-12-19-8-5-4-6-9-19)27-26(30)22(17-21-10-7-15-33-21)28-25(29)20-13-14-23(31-2)24(16-20)32-3/h4-10,13-18H,11-12H2,1-3H3,(H,27,30)(H,28,29)/b22-17-/t18-/m1/s1. The predicted octanol–water partition coefficient (Wildman–Crippen LogP) is 4.67. The smallest absolute Gasteiger partial charge is 0.268 e. The summed E-state index contributed by atoms with van der Waals surface area (Å²) in [6, 6.07) is 18.7. The molecule has 7 heteroatoms. The largest absolute Gasteiger partial charge is 0.493 e. The highest BCUT2D eigenvalue weighted by atomic mass is 32.1. The van der Waals surface area contributed by atoms with E-state index in [0.717, 1.165) is 17.7 Å². The van der Waals surface area contributed by atoms with Crippen LogP contribution in [0, 0.1) is 0 Å². The lowest BCUT2D eigenvalue weighted by Gasteiger charge is -2.16. The van der Waals surface area contributed by atoms with Gasteiger partial charge < -0.3 is 20.1 Å². The van der Waals surface area contributed by atoms with Crippen LogP contribution < -0.4 is 20.1 Å². The highest BCUT2D eigenvalue weighted by Gasteiger charge is 2.18. The van der Waals surface area contributed by atoms with Gasteiger partial charge in [-0.05, 0) is 61.1 Å². The summed E-state index contributed by atoms with van der Waals surface area (Å²) in [6.07, 6.45) is 3.32.